The Hall–Kier alpha value is -2.65. The van der Waals surface area contributed by atoms with Crippen molar-refractivity contribution in [3.63, 3.8) is 0 Å². The van der Waals surface area contributed by atoms with Crippen LogP contribution in [0.15, 0.2) is 36.4 Å². The van der Waals surface area contributed by atoms with E-state index in [0.717, 1.165) is 6.26 Å². The zero-order valence-electron chi connectivity index (χ0n) is 14.8. The van der Waals surface area contributed by atoms with E-state index in [1.807, 2.05) is 0 Å². The number of anilines is 1. The summed E-state index contributed by atoms with van der Waals surface area (Å²) in [5.74, 6) is -1.45. The molecule has 0 atom stereocenters. The lowest BCUT2D eigenvalue weighted by atomic mass is 10.2. The Kier molecular flexibility index (Phi) is 6.40. The molecule has 0 bridgehead atoms. The predicted octanol–water partition coefficient (Wildman–Crippen LogP) is 2.53. The van der Waals surface area contributed by atoms with Crippen molar-refractivity contribution in [2.45, 2.75) is 6.92 Å². The van der Waals surface area contributed by atoms with E-state index in [9.17, 15) is 18.0 Å². The van der Waals surface area contributed by atoms with Gasteiger partial charge in [0.1, 0.15) is 5.15 Å². The average molecular weight is 413 g/mol. The number of rotatable bonds is 6. The molecule has 0 unspecified atom stereocenters. The molecule has 0 saturated heterocycles. The molecule has 0 N–H and O–H groups in total. The molecule has 0 aliphatic carbocycles. The lowest BCUT2D eigenvalue weighted by Gasteiger charge is -2.21. The number of hydrogen-bond acceptors (Lipinski definition) is 7. The van der Waals surface area contributed by atoms with Gasteiger partial charge in [-0.15, -0.1) is 0 Å². The molecule has 0 aliphatic rings. The first-order valence-electron chi connectivity index (χ1n) is 7.70. The van der Waals surface area contributed by atoms with E-state index in [4.69, 9.17) is 21.1 Å². The maximum atomic E-state index is 12.9. The molecule has 2 aromatic rings. The molecule has 0 aliphatic heterocycles. The number of methoxy groups -OCH3 is 1. The number of carbonyl (C=O) groups excluding carboxylic acids is 2. The van der Waals surface area contributed by atoms with Gasteiger partial charge in [0.2, 0.25) is 15.9 Å². The van der Waals surface area contributed by atoms with Crippen molar-refractivity contribution in [2.75, 3.05) is 24.3 Å². The first kappa shape index (κ1) is 20.7. The van der Waals surface area contributed by atoms with E-state index in [-0.39, 0.29) is 34.5 Å². The number of ether oxygens (including phenoxy) is 2. The molecule has 2 rings (SSSR count). The number of aromatic nitrogens is 1. The smallest absolute Gasteiger partial charge is 0.338 e. The first-order chi connectivity index (χ1) is 12.7. The number of hydrogen-bond donors (Lipinski definition) is 0. The fourth-order valence-electron chi connectivity index (χ4n) is 2.25. The molecule has 1 heterocycles. The molecular weight excluding hydrogens is 396 g/mol. The van der Waals surface area contributed by atoms with Gasteiger partial charge < -0.3 is 9.47 Å². The number of esters is 1. The van der Waals surface area contributed by atoms with Crippen LogP contribution in [-0.4, -0.2) is 45.3 Å². The summed E-state index contributed by atoms with van der Waals surface area (Å²) in [6.45, 7) is 1.81. The Balaban J connectivity index is 2.54. The van der Waals surface area contributed by atoms with Gasteiger partial charge in [0.15, 0.2) is 0 Å². The number of halogens is 1. The standard InChI is InChI=1S/C17H17ClN2O6S/c1-4-26-17(22)11-6-5-7-13(8-11)20(27(3,23)24)16(21)12-9-14(18)19-15(10-12)25-2/h5-10H,4H2,1-3H3. The summed E-state index contributed by atoms with van der Waals surface area (Å²) in [4.78, 5) is 28.7. The van der Waals surface area contributed by atoms with Crippen molar-refractivity contribution >= 4 is 39.2 Å². The lowest BCUT2D eigenvalue weighted by Crippen LogP contribution is -2.36. The minimum absolute atomic E-state index is 0.0139. The van der Waals surface area contributed by atoms with Gasteiger partial charge in [-0.05, 0) is 31.2 Å². The topological polar surface area (TPSA) is 103 Å². The minimum Gasteiger partial charge on any atom is -0.481 e. The summed E-state index contributed by atoms with van der Waals surface area (Å²) in [6.07, 6.45) is 0.877. The SMILES string of the molecule is CCOC(=O)c1cccc(N(C(=O)c2cc(Cl)nc(OC)c2)S(C)(=O)=O)c1. The van der Waals surface area contributed by atoms with Crippen LogP contribution < -0.4 is 9.04 Å². The monoisotopic (exact) mass is 412 g/mol. The number of carbonyl (C=O) groups is 2. The fraction of sp³-hybridized carbons (Fsp3) is 0.235. The molecule has 10 heteroatoms. The average Bonchev–Trinajstić information content (AvgIpc) is 2.60. The van der Waals surface area contributed by atoms with E-state index in [1.165, 1.54) is 43.5 Å². The van der Waals surface area contributed by atoms with Crippen LogP contribution in [0, 0.1) is 0 Å². The van der Waals surface area contributed by atoms with Crippen LogP contribution in [0.5, 0.6) is 5.88 Å². The lowest BCUT2D eigenvalue weighted by molar-refractivity contribution is 0.0526. The molecule has 1 aromatic carbocycles. The predicted molar refractivity (Wildman–Crippen MR) is 99.9 cm³/mol. The summed E-state index contributed by atoms with van der Waals surface area (Å²) < 4.78 is 35.0. The van der Waals surface area contributed by atoms with Gasteiger partial charge in [-0.2, -0.15) is 0 Å². The van der Waals surface area contributed by atoms with Gasteiger partial charge in [0.25, 0.3) is 5.91 Å². The minimum atomic E-state index is -4.03. The van der Waals surface area contributed by atoms with Gasteiger partial charge >= 0.3 is 5.97 Å². The van der Waals surface area contributed by atoms with Gasteiger partial charge in [0, 0.05) is 11.6 Å². The molecule has 144 valence electrons. The maximum Gasteiger partial charge on any atom is 0.338 e. The summed E-state index contributed by atoms with van der Waals surface area (Å²) >= 11 is 5.87. The van der Waals surface area contributed by atoms with Crippen molar-refractivity contribution in [2.24, 2.45) is 0 Å². The summed E-state index contributed by atoms with van der Waals surface area (Å²) in [5.41, 5.74) is 0.0555. The molecule has 0 saturated carbocycles. The van der Waals surface area contributed by atoms with Gasteiger partial charge in [-0.25, -0.2) is 22.5 Å². The van der Waals surface area contributed by atoms with Crippen LogP contribution in [0.25, 0.3) is 0 Å². The van der Waals surface area contributed by atoms with Crippen molar-refractivity contribution in [3.05, 3.63) is 52.7 Å². The zero-order chi connectivity index (χ0) is 20.2. The van der Waals surface area contributed by atoms with Gasteiger partial charge in [-0.3, -0.25) is 4.79 Å². The van der Waals surface area contributed by atoms with Crippen molar-refractivity contribution in [1.82, 2.24) is 4.98 Å². The van der Waals surface area contributed by atoms with E-state index >= 15 is 0 Å². The molecule has 8 nitrogen and oxygen atoms in total. The van der Waals surface area contributed by atoms with Crippen LogP contribution >= 0.6 is 11.6 Å². The van der Waals surface area contributed by atoms with Crippen molar-refractivity contribution < 1.29 is 27.5 Å². The molecule has 1 aromatic heterocycles. The zero-order valence-corrected chi connectivity index (χ0v) is 16.4. The second-order valence-corrected chi connectivity index (χ2v) is 7.54. The second-order valence-electron chi connectivity index (χ2n) is 5.32. The number of sulfonamides is 1. The fourth-order valence-corrected chi connectivity index (χ4v) is 3.36. The number of amides is 1. The Labute approximate surface area is 161 Å². The molecule has 0 spiro atoms. The Morgan fingerprint density at radius 2 is 1.89 bits per heavy atom. The van der Waals surface area contributed by atoms with E-state index in [2.05, 4.69) is 4.98 Å². The van der Waals surface area contributed by atoms with E-state index < -0.39 is 21.9 Å². The Bertz CT molecular complexity index is 977. The van der Waals surface area contributed by atoms with Crippen LogP contribution in [0.4, 0.5) is 5.69 Å². The van der Waals surface area contributed by atoms with Crippen LogP contribution in [0.3, 0.4) is 0 Å². The third-order valence-corrected chi connectivity index (χ3v) is 4.57. The Morgan fingerprint density at radius 3 is 2.48 bits per heavy atom. The first-order valence-corrected chi connectivity index (χ1v) is 9.93. The van der Waals surface area contributed by atoms with Gasteiger partial charge in [-0.1, -0.05) is 17.7 Å². The summed E-state index contributed by atoms with van der Waals surface area (Å²) in [6, 6.07) is 8.05. The molecule has 27 heavy (non-hydrogen) atoms. The largest absolute Gasteiger partial charge is 0.481 e. The van der Waals surface area contributed by atoms with Crippen LogP contribution in [0.1, 0.15) is 27.6 Å². The second kappa shape index (κ2) is 8.36. The number of benzene rings is 1. The van der Waals surface area contributed by atoms with Crippen LogP contribution in [-0.2, 0) is 14.8 Å². The molecule has 0 fully saturated rings. The van der Waals surface area contributed by atoms with Crippen molar-refractivity contribution in [1.29, 1.82) is 0 Å². The third-order valence-electron chi connectivity index (χ3n) is 3.33. The highest BCUT2D eigenvalue weighted by atomic mass is 35.5. The highest BCUT2D eigenvalue weighted by Gasteiger charge is 2.28. The maximum absolute atomic E-state index is 12.9. The van der Waals surface area contributed by atoms with Gasteiger partial charge in [0.05, 0.1) is 31.2 Å². The summed E-state index contributed by atoms with van der Waals surface area (Å²) in [7, 11) is -2.69. The van der Waals surface area contributed by atoms with Crippen molar-refractivity contribution in [3.8, 4) is 5.88 Å². The van der Waals surface area contributed by atoms with Crippen LogP contribution in [0.2, 0.25) is 5.15 Å². The number of pyridine rings is 1. The molecule has 1 amide bonds. The highest BCUT2D eigenvalue weighted by molar-refractivity contribution is 7.92. The van der Waals surface area contributed by atoms with E-state index in [1.54, 1.807) is 6.92 Å². The summed E-state index contributed by atoms with van der Waals surface area (Å²) in [5, 5.41) is -0.0357. The normalized spacial score (nSPS) is 11.0. The third kappa shape index (κ3) is 4.95. The molecular formula is C17H17ClN2O6S. The number of nitrogens with zero attached hydrogens (tertiary/aromatic N) is 2. The Morgan fingerprint density at radius 1 is 1.19 bits per heavy atom. The molecule has 0 radical (unpaired) electrons. The van der Waals surface area contributed by atoms with E-state index in [0.29, 0.717) is 4.31 Å². The highest BCUT2D eigenvalue weighted by Crippen LogP contribution is 2.24. The quantitative estimate of drug-likeness (QED) is 0.530.